The largest absolute Gasteiger partial charge is 0.378 e. The first-order valence-electron chi connectivity index (χ1n) is 6.25. The highest BCUT2D eigenvalue weighted by Gasteiger charge is 2.35. The number of likely N-dealkylation sites (tertiary alicyclic amines) is 1. The van der Waals surface area contributed by atoms with Gasteiger partial charge in [-0.25, -0.2) is 0 Å². The maximum Gasteiger partial charge on any atom is 0.228 e. The highest BCUT2D eigenvalue weighted by atomic mass is 16.5. The Balaban J connectivity index is 1.72. The van der Waals surface area contributed by atoms with E-state index in [1.807, 2.05) is 4.90 Å². The van der Waals surface area contributed by atoms with E-state index in [0.29, 0.717) is 25.0 Å². The second-order valence-corrected chi connectivity index (χ2v) is 5.25. The van der Waals surface area contributed by atoms with Gasteiger partial charge in [-0.1, -0.05) is 13.8 Å². The van der Waals surface area contributed by atoms with Crippen molar-refractivity contribution in [3.63, 3.8) is 0 Å². The Labute approximate surface area is 97.5 Å². The lowest BCUT2D eigenvalue weighted by Crippen LogP contribution is -2.56. The molecule has 2 aliphatic rings. The summed E-state index contributed by atoms with van der Waals surface area (Å²) in [6.07, 6.45) is 0. The van der Waals surface area contributed by atoms with E-state index in [-0.39, 0.29) is 5.92 Å². The lowest BCUT2D eigenvalue weighted by atomic mass is 9.97. The van der Waals surface area contributed by atoms with E-state index in [0.717, 1.165) is 32.7 Å². The molecule has 0 spiro atoms. The topological polar surface area (TPSA) is 32.8 Å². The minimum atomic E-state index is 0.247. The number of ether oxygens (including phenoxy) is 1. The van der Waals surface area contributed by atoms with Crippen LogP contribution in [0.1, 0.15) is 13.8 Å². The molecule has 0 aromatic rings. The third kappa shape index (κ3) is 2.74. The molecule has 0 aromatic carbocycles. The van der Waals surface area contributed by atoms with E-state index >= 15 is 0 Å². The van der Waals surface area contributed by atoms with Gasteiger partial charge in [0.2, 0.25) is 5.91 Å². The molecule has 1 amide bonds. The number of hydrogen-bond acceptors (Lipinski definition) is 3. The predicted octanol–water partition coefficient (Wildman–Crippen LogP) is 0.433. The molecule has 0 aromatic heterocycles. The lowest BCUT2D eigenvalue weighted by molar-refractivity contribution is -0.145. The fraction of sp³-hybridized carbons (Fsp3) is 0.917. The quantitative estimate of drug-likeness (QED) is 0.700. The van der Waals surface area contributed by atoms with Gasteiger partial charge in [-0.3, -0.25) is 4.79 Å². The van der Waals surface area contributed by atoms with Gasteiger partial charge in [0.1, 0.15) is 0 Å². The molecule has 2 rings (SSSR count). The average Bonchev–Trinajstić information content (AvgIpc) is 2.23. The van der Waals surface area contributed by atoms with Crippen LogP contribution in [0.4, 0.5) is 0 Å². The number of carbonyl (C=O) groups is 1. The molecular formula is C12H22N2O2. The third-order valence-corrected chi connectivity index (χ3v) is 3.25. The summed E-state index contributed by atoms with van der Waals surface area (Å²) in [5, 5.41) is 0. The number of morpholine rings is 1. The van der Waals surface area contributed by atoms with Gasteiger partial charge in [0, 0.05) is 32.7 Å². The fourth-order valence-electron chi connectivity index (χ4n) is 2.43. The van der Waals surface area contributed by atoms with Gasteiger partial charge in [0.25, 0.3) is 0 Å². The van der Waals surface area contributed by atoms with E-state index in [9.17, 15) is 4.79 Å². The van der Waals surface area contributed by atoms with Crippen molar-refractivity contribution in [2.45, 2.75) is 13.8 Å². The maximum absolute atomic E-state index is 12.1. The molecule has 4 heteroatoms. The molecule has 2 saturated heterocycles. The highest BCUT2D eigenvalue weighted by Crippen LogP contribution is 2.19. The zero-order chi connectivity index (χ0) is 11.5. The Bertz CT molecular complexity index is 243. The van der Waals surface area contributed by atoms with Gasteiger partial charge in [-0.15, -0.1) is 0 Å². The molecule has 0 saturated carbocycles. The zero-order valence-electron chi connectivity index (χ0n) is 10.3. The summed E-state index contributed by atoms with van der Waals surface area (Å²) in [5.41, 5.74) is 0. The van der Waals surface area contributed by atoms with Crippen molar-refractivity contribution in [2.24, 2.45) is 11.8 Å². The Morgan fingerprint density at radius 1 is 1.31 bits per heavy atom. The molecule has 2 heterocycles. The first kappa shape index (κ1) is 11.9. The molecular weight excluding hydrogens is 204 g/mol. The molecule has 0 N–H and O–H groups in total. The van der Waals surface area contributed by atoms with Gasteiger partial charge < -0.3 is 14.5 Å². The Morgan fingerprint density at radius 2 is 1.94 bits per heavy atom. The minimum Gasteiger partial charge on any atom is -0.378 e. The Hall–Kier alpha value is -0.610. The molecule has 0 radical (unpaired) electrons. The van der Waals surface area contributed by atoms with Crippen LogP contribution in [0.15, 0.2) is 0 Å². The van der Waals surface area contributed by atoms with Gasteiger partial charge in [-0.2, -0.15) is 0 Å². The van der Waals surface area contributed by atoms with Gasteiger partial charge >= 0.3 is 0 Å². The van der Waals surface area contributed by atoms with Gasteiger partial charge in [0.15, 0.2) is 0 Å². The smallest absolute Gasteiger partial charge is 0.228 e. The Morgan fingerprint density at radius 3 is 2.50 bits per heavy atom. The van der Waals surface area contributed by atoms with Crippen molar-refractivity contribution < 1.29 is 9.53 Å². The molecule has 92 valence electrons. The molecule has 16 heavy (non-hydrogen) atoms. The van der Waals surface area contributed by atoms with Crippen LogP contribution in [0, 0.1) is 11.8 Å². The first-order chi connectivity index (χ1) is 7.66. The van der Waals surface area contributed by atoms with Crippen LogP contribution < -0.4 is 0 Å². The number of amides is 1. The average molecular weight is 226 g/mol. The van der Waals surface area contributed by atoms with Crippen LogP contribution in [0.25, 0.3) is 0 Å². The summed E-state index contributed by atoms with van der Waals surface area (Å²) in [4.78, 5) is 16.4. The number of rotatable bonds is 3. The fourth-order valence-corrected chi connectivity index (χ4v) is 2.43. The third-order valence-electron chi connectivity index (χ3n) is 3.25. The number of carbonyl (C=O) groups excluding carboxylic acids is 1. The van der Waals surface area contributed by atoms with Crippen molar-refractivity contribution in [2.75, 3.05) is 45.9 Å². The predicted molar refractivity (Wildman–Crippen MR) is 62.2 cm³/mol. The van der Waals surface area contributed by atoms with Crippen molar-refractivity contribution in [1.29, 1.82) is 0 Å². The molecule has 4 nitrogen and oxygen atoms in total. The second-order valence-electron chi connectivity index (χ2n) is 5.25. The van der Waals surface area contributed by atoms with Crippen molar-refractivity contribution in [1.82, 2.24) is 9.80 Å². The van der Waals surface area contributed by atoms with Crippen molar-refractivity contribution in [3.05, 3.63) is 0 Å². The monoisotopic (exact) mass is 226 g/mol. The molecule has 2 aliphatic heterocycles. The van der Waals surface area contributed by atoms with Crippen LogP contribution in [0.5, 0.6) is 0 Å². The summed E-state index contributed by atoms with van der Waals surface area (Å²) in [7, 11) is 0. The summed E-state index contributed by atoms with van der Waals surface area (Å²) in [6.45, 7) is 10.4. The molecule has 0 unspecified atom stereocenters. The van der Waals surface area contributed by atoms with Crippen LogP contribution >= 0.6 is 0 Å². The van der Waals surface area contributed by atoms with Gasteiger partial charge in [-0.05, 0) is 5.92 Å². The summed E-state index contributed by atoms with van der Waals surface area (Å²) >= 11 is 0. The summed E-state index contributed by atoms with van der Waals surface area (Å²) in [6, 6.07) is 0. The normalized spacial score (nSPS) is 23.6. The standard InChI is InChI=1S/C12H22N2O2/c1-10(2)7-13-8-11(9-13)12(15)14-3-5-16-6-4-14/h10-11H,3-9H2,1-2H3. The van der Waals surface area contributed by atoms with Gasteiger partial charge in [0.05, 0.1) is 19.1 Å². The molecule has 0 atom stereocenters. The van der Waals surface area contributed by atoms with Crippen LogP contribution in [-0.4, -0.2) is 61.6 Å². The first-order valence-corrected chi connectivity index (χ1v) is 6.25. The SMILES string of the molecule is CC(C)CN1CC(C(=O)N2CCOCC2)C1. The van der Waals surface area contributed by atoms with Crippen LogP contribution in [-0.2, 0) is 9.53 Å². The van der Waals surface area contributed by atoms with E-state index in [1.165, 1.54) is 0 Å². The lowest BCUT2D eigenvalue weighted by Gasteiger charge is -2.42. The van der Waals surface area contributed by atoms with Crippen LogP contribution in [0.3, 0.4) is 0 Å². The van der Waals surface area contributed by atoms with Crippen LogP contribution in [0.2, 0.25) is 0 Å². The van der Waals surface area contributed by atoms with E-state index < -0.39 is 0 Å². The van der Waals surface area contributed by atoms with Crippen molar-refractivity contribution >= 4 is 5.91 Å². The minimum absolute atomic E-state index is 0.247. The number of nitrogens with zero attached hydrogens (tertiary/aromatic N) is 2. The summed E-state index contributed by atoms with van der Waals surface area (Å²) < 4.78 is 5.25. The van der Waals surface area contributed by atoms with E-state index in [1.54, 1.807) is 0 Å². The number of hydrogen-bond donors (Lipinski definition) is 0. The summed E-state index contributed by atoms with van der Waals surface area (Å²) in [5.74, 6) is 1.28. The molecule has 2 fully saturated rings. The molecule has 0 aliphatic carbocycles. The highest BCUT2D eigenvalue weighted by molar-refractivity contribution is 5.80. The zero-order valence-corrected chi connectivity index (χ0v) is 10.3. The maximum atomic E-state index is 12.1. The molecule has 0 bridgehead atoms. The van der Waals surface area contributed by atoms with E-state index in [2.05, 4.69) is 18.7 Å². The van der Waals surface area contributed by atoms with E-state index in [4.69, 9.17) is 4.74 Å². The van der Waals surface area contributed by atoms with Crippen molar-refractivity contribution in [3.8, 4) is 0 Å². The second kappa shape index (κ2) is 5.15. The Kier molecular flexibility index (Phi) is 3.82.